The molecule has 0 unspecified atom stereocenters. The van der Waals surface area contributed by atoms with Crippen LogP contribution in [0.1, 0.15) is 20.8 Å². The Morgan fingerprint density at radius 1 is 1.04 bits per heavy atom. The van der Waals surface area contributed by atoms with Gasteiger partial charge in [-0.05, 0) is 36.3 Å². The molecule has 0 spiro atoms. The molecule has 0 saturated heterocycles. The summed E-state index contributed by atoms with van der Waals surface area (Å²) in [5.41, 5.74) is 0.709. The lowest BCUT2D eigenvalue weighted by molar-refractivity contribution is 0.127. The van der Waals surface area contributed by atoms with Crippen LogP contribution in [0, 0.1) is 0 Å². The van der Waals surface area contributed by atoms with Crippen LogP contribution in [0.5, 0.6) is 0 Å². The molecular formula is C18H33NO3Si2. The molecule has 0 heterocycles. The van der Waals surface area contributed by atoms with Gasteiger partial charge in [0.05, 0.1) is 12.3 Å². The normalized spacial score (nSPS) is 12.8. The Balaban J connectivity index is 2.93. The number of benzene rings is 1. The number of amides is 1. The molecule has 0 aromatic heterocycles. The molecule has 1 aromatic rings. The molecule has 0 aliphatic heterocycles. The predicted octanol–water partition coefficient (Wildman–Crippen LogP) is 5.90. The SMILES string of the molecule is CC(C)(C)[Si](C)(C)ON(C(=O)OCC[Si](C)(C)C)c1ccccc1. The molecule has 0 saturated carbocycles. The van der Waals surface area contributed by atoms with Crippen LogP contribution in [0.2, 0.25) is 43.8 Å². The lowest BCUT2D eigenvalue weighted by Gasteiger charge is -2.39. The summed E-state index contributed by atoms with van der Waals surface area (Å²) in [6.07, 6.45) is -0.427. The molecule has 136 valence electrons. The maximum absolute atomic E-state index is 12.7. The van der Waals surface area contributed by atoms with E-state index >= 15 is 0 Å². The number of hydrogen-bond acceptors (Lipinski definition) is 3. The minimum atomic E-state index is -2.16. The lowest BCUT2D eigenvalue weighted by atomic mass is 10.2. The van der Waals surface area contributed by atoms with Crippen LogP contribution in [0.25, 0.3) is 0 Å². The van der Waals surface area contributed by atoms with Crippen molar-refractivity contribution >= 4 is 28.2 Å². The van der Waals surface area contributed by atoms with Crippen molar-refractivity contribution in [1.29, 1.82) is 0 Å². The van der Waals surface area contributed by atoms with Crippen LogP contribution in [0.3, 0.4) is 0 Å². The summed E-state index contributed by atoms with van der Waals surface area (Å²) in [4.78, 5) is 12.7. The summed E-state index contributed by atoms with van der Waals surface area (Å²) in [7, 11) is -3.40. The number of carbonyl (C=O) groups is 1. The molecule has 0 atom stereocenters. The monoisotopic (exact) mass is 367 g/mol. The smallest absolute Gasteiger partial charge is 0.437 e. The Morgan fingerprint density at radius 2 is 1.58 bits per heavy atom. The number of para-hydroxylation sites is 1. The van der Waals surface area contributed by atoms with Crippen LogP contribution >= 0.6 is 0 Å². The van der Waals surface area contributed by atoms with Crippen LogP contribution in [-0.2, 0) is 9.26 Å². The summed E-state index contributed by atoms with van der Waals surface area (Å²) in [6, 6.07) is 10.4. The van der Waals surface area contributed by atoms with E-state index in [0.717, 1.165) is 6.04 Å². The Kier molecular flexibility index (Phi) is 6.84. The van der Waals surface area contributed by atoms with Crippen LogP contribution in [-0.4, -0.2) is 29.1 Å². The fourth-order valence-electron chi connectivity index (χ4n) is 1.63. The van der Waals surface area contributed by atoms with Gasteiger partial charge in [0.25, 0.3) is 0 Å². The highest BCUT2D eigenvalue weighted by atomic mass is 28.4. The lowest BCUT2D eigenvalue weighted by Crippen LogP contribution is -2.49. The Bertz CT molecular complexity index is 533. The third-order valence-electron chi connectivity index (χ3n) is 4.36. The molecular weight excluding hydrogens is 334 g/mol. The van der Waals surface area contributed by atoms with Crippen LogP contribution in [0.15, 0.2) is 30.3 Å². The molecule has 0 radical (unpaired) electrons. The zero-order chi connectivity index (χ0) is 18.6. The number of anilines is 1. The number of nitrogens with zero attached hydrogens (tertiary/aromatic N) is 1. The fourth-order valence-corrected chi connectivity index (χ4v) is 3.25. The molecule has 0 fully saturated rings. The average molecular weight is 368 g/mol. The molecule has 0 aliphatic carbocycles. The van der Waals surface area contributed by atoms with Crippen molar-refractivity contribution in [3.8, 4) is 0 Å². The standard InChI is InChI=1S/C18H33NO3Si2/c1-18(2,3)24(7,8)22-19(16-12-10-9-11-13-16)17(20)21-14-15-23(4,5)6/h9-13H,14-15H2,1-8H3. The second kappa shape index (κ2) is 7.84. The molecule has 1 aromatic carbocycles. The van der Waals surface area contributed by atoms with E-state index in [2.05, 4.69) is 53.5 Å². The molecule has 0 N–H and O–H groups in total. The van der Waals surface area contributed by atoms with Gasteiger partial charge in [-0.3, -0.25) is 0 Å². The van der Waals surface area contributed by atoms with Crippen molar-refractivity contribution in [3.63, 3.8) is 0 Å². The van der Waals surface area contributed by atoms with Gasteiger partial charge < -0.3 is 9.26 Å². The minimum absolute atomic E-state index is 0.00136. The average Bonchev–Trinajstić information content (AvgIpc) is 2.43. The quantitative estimate of drug-likeness (QED) is 0.464. The number of hydroxylamine groups is 1. The highest BCUT2D eigenvalue weighted by Crippen LogP contribution is 2.38. The Labute approximate surface area is 149 Å². The summed E-state index contributed by atoms with van der Waals surface area (Å²) < 4.78 is 11.8. The maximum atomic E-state index is 12.7. The highest BCUT2D eigenvalue weighted by molar-refractivity contribution is 6.76. The first-order valence-corrected chi connectivity index (χ1v) is 15.2. The van der Waals surface area contributed by atoms with Gasteiger partial charge in [-0.15, -0.1) is 0 Å². The van der Waals surface area contributed by atoms with Gasteiger partial charge in [0.15, 0.2) is 0 Å². The van der Waals surface area contributed by atoms with Gasteiger partial charge in [0.1, 0.15) is 0 Å². The topological polar surface area (TPSA) is 38.8 Å². The molecule has 6 heteroatoms. The second-order valence-corrected chi connectivity index (χ2v) is 19.2. The van der Waals surface area contributed by atoms with Gasteiger partial charge in [-0.1, -0.05) is 58.6 Å². The van der Waals surface area contributed by atoms with Crippen molar-refractivity contribution in [2.24, 2.45) is 0 Å². The van der Waals surface area contributed by atoms with E-state index < -0.39 is 22.5 Å². The largest absolute Gasteiger partial charge is 0.448 e. The molecule has 1 amide bonds. The van der Waals surface area contributed by atoms with Crippen molar-refractivity contribution in [2.75, 3.05) is 11.7 Å². The van der Waals surface area contributed by atoms with Crippen molar-refractivity contribution in [1.82, 2.24) is 0 Å². The summed E-state index contributed by atoms with van der Waals surface area (Å²) >= 11 is 0. The highest BCUT2D eigenvalue weighted by Gasteiger charge is 2.41. The van der Waals surface area contributed by atoms with Crippen molar-refractivity contribution in [2.45, 2.75) is 64.6 Å². The number of carbonyl (C=O) groups excluding carboxylic acids is 1. The molecule has 0 aliphatic rings. The molecule has 1 rings (SSSR count). The maximum Gasteiger partial charge on any atom is 0.437 e. The Morgan fingerprint density at radius 3 is 2.04 bits per heavy atom. The fraction of sp³-hybridized carbons (Fsp3) is 0.611. The van der Waals surface area contributed by atoms with E-state index in [-0.39, 0.29) is 5.04 Å². The van der Waals surface area contributed by atoms with E-state index in [1.165, 1.54) is 5.06 Å². The van der Waals surface area contributed by atoms with Gasteiger partial charge in [-0.25, -0.2) is 4.79 Å². The number of hydrogen-bond donors (Lipinski definition) is 0. The van der Waals surface area contributed by atoms with E-state index in [1.54, 1.807) is 0 Å². The summed E-state index contributed by atoms with van der Waals surface area (Å²) in [6.45, 7) is 17.9. The van der Waals surface area contributed by atoms with Crippen molar-refractivity contribution in [3.05, 3.63) is 30.3 Å². The summed E-state index contributed by atoms with van der Waals surface area (Å²) in [5, 5.41) is 1.35. The van der Waals surface area contributed by atoms with E-state index in [9.17, 15) is 4.79 Å². The van der Waals surface area contributed by atoms with E-state index in [0.29, 0.717) is 12.3 Å². The van der Waals surface area contributed by atoms with Gasteiger partial charge in [0.2, 0.25) is 8.32 Å². The first-order valence-electron chi connectivity index (χ1n) is 8.55. The number of ether oxygens (including phenoxy) is 1. The van der Waals surface area contributed by atoms with Crippen molar-refractivity contribution < 1.29 is 14.1 Å². The van der Waals surface area contributed by atoms with Gasteiger partial charge in [0, 0.05) is 8.07 Å². The Hall–Kier alpha value is -1.12. The van der Waals surface area contributed by atoms with E-state index in [1.807, 2.05) is 30.3 Å². The third-order valence-corrected chi connectivity index (χ3v) is 10.3. The third kappa shape index (κ3) is 6.41. The zero-order valence-corrected chi connectivity index (χ0v) is 18.5. The molecule has 4 nitrogen and oxygen atoms in total. The van der Waals surface area contributed by atoms with Gasteiger partial charge >= 0.3 is 6.09 Å². The predicted molar refractivity (Wildman–Crippen MR) is 107 cm³/mol. The summed E-state index contributed by atoms with van der Waals surface area (Å²) in [5.74, 6) is 0. The van der Waals surface area contributed by atoms with Gasteiger partial charge in [-0.2, -0.15) is 5.06 Å². The van der Waals surface area contributed by atoms with E-state index in [4.69, 9.17) is 9.26 Å². The first-order chi connectivity index (χ1) is 10.8. The van der Waals surface area contributed by atoms with Crippen LogP contribution < -0.4 is 5.06 Å². The first kappa shape index (κ1) is 20.9. The molecule has 0 bridgehead atoms. The minimum Gasteiger partial charge on any atom is -0.448 e. The second-order valence-electron chi connectivity index (χ2n) is 8.91. The van der Waals surface area contributed by atoms with Crippen LogP contribution in [0.4, 0.5) is 10.5 Å². The number of rotatable bonds is 6. The zero-order valence-electron chi connectivity index (χ0n) is 16.5. The molecule has 24 heavy (non-hydrogen) atoms.